The van der Waals surface area contributed by atoms with Crippen LogP contribution in [-0.2, 0) is 6.18 Å². The molecule has 1 saturated heterocycles. The first-order valence-corrected chi connectivity index (χ1v) is 9.33. The summed E-state index contributed by atoms with van der Waals surface area (Å²) in [6, 6.07) is 5.00. The van der Waals surface area contributed by atoms with Crippen molar-refractivity contribution in [3.05, 3.63) is 34.9 Å². The highest BCUT2D eigenvalue weighted by atomic mass is 19.4. The standard InChI is InChI=1S/C20H26F3N/c1-13-2-5-17(20(21,22)23)12-18(13)15-6-8-24(9-7-15)19-11-14-3-4-16(19)10-14/h2,5,12,14-16,19H,3-4,6-11H2,1H3/t14-,16-,19?/m0/s1. The van der Waals surface area contributed by atoms with Crippen molar-refractivity contribution in [3.8, 4) is 0 Å². The van der Waals surface area contributed by atoms with E-state index >= 15 is 0 Å². The second-order valence-electron chi connectivity index (χ2n) is 8.12. The molecule has 1 aliphatic heterocycles. The number of rotatable bonds is 2. The third kappa shape index (κ3) is 2.98. The number of likely N-dealkylation sites (tertiary alicyclic amines) is 1. The monoisotopic (exact) mass is 337 g/mol. The van der Waals surface area contributed by atoms with Gasteiger partial charge < -0.3 is 4.90 Å². The predicted molar refractivity (Wildman–Crippen MR) is 89.0 cm³/mol. The Morgan fingerprint density at radius 2 is 1.75 bits per heavy atom. The van der Waals surface area contributed by atoms with Crippen molar-refractivity contribution in [2.75, 3.05) is 13.1 Å². The van der Waals surface area contributed by atoms with Crippen molar-refractivity contribution >= 4 is 0 Å². The molecule has 4 rings (SSSR count). The first kappa shape index (κ1) is 16.4. The average molecular weight is 337 g/mol. The number of alkyl halides is 3. The van der Waals surface area contributed by atoms with E-state index in [2.05, 4.69) is 4.90 Å². The van der Waals surface area contributed by atoms with E-state index in [-0.39, 0.29) is 5.92 Å². The van der Waals surface area contributed by atoms with Crippen molar-refractivity contribution in [2.24, 2.45) is 11.8 Å². The van der Waals surface area contributed by atoms with Gasteiger partial charge in [-0.25, -0.2) is 0 Å². The van der Waals surface area contributed by atoms with Gasteiger partial charge in [-0.15, -0.1) is 0 Å². The summed E-state index contributed by atoms with van der Waals surface area (Å²) in [7, 11) is 0. The van der Waals surface area contributed by atoms with Crippen molar-refractivity contribution in [1.82, 2.24) is 4.90 Å². The van der Waals surface area contributed by atoms with Gasteiger partial charge in [0.15, 0.2) is 0 Å². The molecule has 2 saturated carbocycles. The molecule has 1 aromatic carbocycles. The van der Waals surface area contributed by atoms with Crippen LogP contribution >= 0.6 is 0 Å². The summed E-state index contributed by atoms with van der Waals surface area (Å²) >= 11 is 0. The molecular formula is C20H26F3N. The molecule has 1 aromatic rings. The fourth-order valence-corrected chi connectivity index (χ4v) is 5.46. The summed E-state index contributed by atoms with van der Waals surface area (Å²) in [5, 5.41) is 0. The fraction of sp³-hybridized carbons (Fsp3) is 0.700. The minimum atomic E-state index is -4.24. The lowest BCUT2D eigenvalue weighted by molar-refractivity contribution is -0.137. The number of halogens is 3. The molecule has 0 radical (unpaired) electrons. The van der Waals surface area contributed by atoms with Crippen LogP contribution in [0.4, 0.5) is 13.2 Å². The van der Waals surface area contributed by atoms with Gasteiger partial charge in [-0.2, -0.15) is 13.2 Å². The van der Waals surface area contributed by atoms with Gasteiger partial charge in [-0.05, 0) is 93.1 Å². The molecule has 2 aliphatic carbocycles. The van der Waals surface area contributed by atoms with Crippen LogP contribution in [0, 0.1) is 18.8 Å². The van der Waals surface area contributed by atoms with E-state index in [0.29, 0.717) is 0 Å². The zero-order chi connectivity index (χ0) is 16.9. The molecule has 1 heterocycles. The highest BCUT2D eigenvalue weighted by molar-refractivity contribution is 5.35. The van der Waals surface area contributed by atoms with E-state index in [1.807, 2.05) is 6.92 Å². The van der Waals surface area contributed by atoms with Gasteiger partial charge in [-0.3, -0.25) is 0 Å². The Balaban J connectivity index is 1.44. The minimum absolute atomic E-state index is 0.280. The fourth-order valence-electron chi connectivity index (χ4n) is 5.46. The molecule has 4 heteroatoms. The molecule has 24 heavy (non-hydrogen) atoms. The van der Waals surface area contributed by atoms with Crippen molar-refractivity contribution in [2.45, 2.75) is 63.6 Å². The van der Waals surface area contributed by atoms with Gasteiger partial charge >= 0.3 is 6.18 Å². The highest BCUT2D eigenvalue weighted by Crippen LogP contribution is 2.47. The molecule has 1 nitrogen and oxygen atoms in total. The van der Waals surface area contributed by atoms with Crippen LogP contribution in [0.1, 0.15) is 61.1 Å². The van der Waals surface area contributed by atoms with Crippen molar-refractivity contribution in [1.29, 1.82) is 0 Å². The average Bonchev–Trinajstić information content (AvgIpc) is 3.17. The van der Waals surface area contributed by atoms with Crippen LogP contribution in [0.15, 0.2) is 18.2 Å². The molecule has 0 amide bonds. The second kappa shape index (κ2) is 6.05. The molecule has 3 atom stereocenters. The molecule has 0 aromatic heterocycles. The summed E-state index contributed by atoms with van der Waals surface area (Å²) in [4.78, 5) is 2.64. The Morgan fingerprint density at radius 1 is 1.00 bits per heavy atom. The molecule has 0 spiro atoms. The van der Waals surface area contributed by atoms with Gasteiger partial charge in [-0.1, -0.05) is 12.5 Å². The zero-order valence-electron chi connectivity index (χ0n) is 14.3. The number of hydrogen-bond acceptors (Lipinski definition) is 1. The Hall–Kier alpha value is -1.03. The summed E-state index contributed by atoms with van der Waals surface area (Å²) in [6.07, 6.45) is 3.33. The molecule has 3 fully saturated rings. The first-order chi connectivity index (χ1) is 11.4. The quantitative estimate of drug-likeness (QED) is 0.700. The van der Waals surface area contributed by atoms with Gasteiger partial charge in [0, 0.05) is 6.04 Å². The van der Waals surface area contributed by atoms with Gasteiger partial charge in [0.25, 0.3) is 0 Å². The van der Waals surface area contributed by atoms with Crippen molar-refractivity contribution < 1.29 is 13.2 Å². The number of piperidine rings is 1. The summed E-state index contributed by atoms with van der Waals surface area (Å²) in [5.74, 6) is 2.12. The highest BCUT2D eigenvalue weighted by Gasteiger charge is 2.43. The Labute approximate surface area is 142 Å². The smallest absolute Gasteiger partial charge is 0.300 e. The number of aryl methyl sites for hydroxylation is 1. The molecule has 2 bridgehead atoms. The van der Waals surface area contributed by atoms with E-state index < -0.39 is 11.7 Å². The number of benzene rings is 1. The molecule has 3 aliphatic rings. The largest absolute Gasteiger partial charge is 0.416 e. The SMILES string of the molecule is Cc1ccc(C(F)(F)F)cc1C1CCN(C2C[C@H]3CC[C@H]2C3)CC1. The number of nitrogens with zero attached hydrogens (tertiary/aromatic N) is 1. The van der Waals surface area contributed by atoms with Gasteiger partial charge in [0.1, 0.15) is 0 Å². The lowest BCUT2D eigenvalue weighted by atomic mass is 9.84. The maximum absolute atomic E-state index is 13.0. The van der Waals surface area contributed by atoms with E-state index in [0.717, 1.165) is 54.9 Å². The maximum Gasteiger partial charge on any atom is 0.416 e. The van der Waals surface area contributed by atoms with Crippen LogP contribution in [0.5, 0.6) is 0 Å². The lowest BCUT2D eigenvalue weighted by Gasteiger charge is -2.40. The topological polar surface area (TPSA) is 3.24 Å². The Morgan fingerprint density at radius 3 is 2.33 bits per heavy atom. The lowest BCUT2D eigenvalue weighted by Crippen LogP contribution is -2.43. The van der Waals surface area contributed by atoms with E-state index in [4.69, 9.17) is 0 Å². The first-order valence-electron chi connectivity index (χ1n) is 9.33. The van der Waals surface area contributed by atoms with Crippen LogP contribution in [0.3, 0.4) is 0 Å². The molecule has 1 unspecified atom stereocenters. The molecule has 0 N–H and O–H groups in total. The minimum Gasteiger partial charge on any atom is -0.300 e. The van der Waals surface area contributed by atoms with Gasteiger partial charge in [0.05, 0.1) is 5.56 Å². The number of hydrogen-bond donors (Lipinski definition) is 0. The van der Waals surface area contributed by atoms with Gasteiger partial charge in [0.2, 0.25) is 0 Å². The summed E-state index contributed by atoms with van der Waals surface area (Å²) in [6.45, 7) is 4.04. The van der Waals surface area contributed by atoms with Crippen LogP contribution in [0.25, 0.3) is 0 Å². The molecule has 132 valence electrons. The summed E-state index contributed by atoms with van der Waals surface area (Å²) < 4.78 is 39.0. The van der Waals surface area contributed by atoms with E-state index in [1.165, 1.54) is 37.8 Å². The van der Waals surface area contributed by atoms with Crippen molar-refractivity contribution in [3.63, 3.8) is 0 Å². The Kier molecular flexibility index (Phi) is 4.14. The third-order valence-corrected chi connectivity index (χ3v) is 6.75. The number of fused-ring (bicyclic) bond motifs is 2. The van der Waals surface area contributed by atoms with Crippen LogP contribution in [-0.4, -0.2) is 24.0 Å². The maximum atomic E-state index is 13.0. The Bertz CT molecular complexity index is 601. The molecular weight excluding hydrogens is 311 g/mol. The van der Waals surface area contributed by atoms with Crippen LogP contribution < -0.4 is 0 Å². The third-order valence-electron chi connectivity index (χ3n) is 6.75. The normalized spacial score (nSPS) is 31.8. The second-order valence-corrected chi connectivity index (χ2v) is 8.12. The van der Waals surface area contributed by atoms with E-state index in [9.17, 15) is 13.2 Å². The predicted octanol–water partition coefficient (Wildman–Crippen LogP) is 5.38. The zero-order valence-corrected chi connectivity index (χ0v) is 14.3. The van der Waals surface area contributed by atoms with E-state index in [1.54, 1.807) is 6.07 Å². The van der Waals surface area contributed by atoms with Crippen LogP contribution in [0.2, 0.25) is 0 Å². The summed E-state index contributed by atoms with van der Waals surface area (Å²) in [5.41, 5.74) is 1.41.